The Morgan fingerprint density at radius 1 is 1.05 bits per heavy atom. The van der Waals surface area contributed by atoms with Crippen LogP contribution in [0.2, 0.25) is 0 Å². The van der Waals surface area contributed by atoms with Crippen LogP contribution in [0.25, 0.3) is 0 Å². The third-order valence-electron chi connectivity index (χ3n) is 3.19. The van der Waals surface area contributed by atoms with Gasteiger partial charge in [0.2, 0.25) is 0 Å². The Bertz CT molecular complexity index is 474. The molecule has 1 aromatic carbocycles. The zero-order valence-electron chi connectivity index (χ0n) is 13.1. The van der Waals surface area contributed by atoms with Gasteiger partial charge in [-0.2, -0.15) is 13.2 Å². The maximum absolute atomic E-state index is 12.1. The molecule has 1 heterocycles. The van der Waals surface area contributed by atoms with E-state index in [0.29, 0.717) is 18.8 Å². The quantitative estimate of drug-likeness (QED) is 0.822. The van der Waals surface area contributed by atoms with Crippen LogP contribution >= 0.6 is 0 Å². The molecule has 1 fully saturated rings. The Morgan fingerprint density at radius 2 is 1.59 bits per heavy atom. The average molecular weight is 317 g/mol. The summed E-state index contributed by atoms with van der Waals surface area (Å²) in [6.07, 6.45) is -4.89. The first-order chi connectivity index (χ1) is 10.1. The second kappa shape index (κ2) is 6.36. The van der Waals surface area contributed by atoms with E-state index in [1.165, 1.54) is 0 Å². The molecule has 6 heteroatoms. The Labute approximate surface area is 129 Å². The highest BCUT2D eigenvalue weighted by Crippen LogP contribution is 2.25. The highest BCUT2D eigenvalue weighted by molar-refractivity contribution is 5.32. The standard InChI is InChI=1S/C16H22F3NO2/c1-15(2,3)22-13-6-4-12(5-7-13)21-14-10-20(11-14)9-8-16(17,18)19/h4-7,14H,8-11H2,1-3H3. The van der Waals surface area contributed by atoms with Crippen LogP contribution in [0.4, 0.5) is 13.2 Å². The summed E-state index contributed by atoms with van der Waals surface area (Å²) >= 11 is 0. The summed E-state index contributed by atoms with van der Waals surface area (Å²) < 4.78 is 47.7. The van der Waals surface area contributed by atoms with Crippen LogP contribution in [0.1, 0.15) is 27.2 Å². The van der Waals surface area contributed by atoms with Crippen LogP contribution in [0.15, 0.2) is 24.3 Å². The van der Waals surface area contributed by atoms with E-state index in [0.717, 1.165) is 5.75 Å². The Kier molecular flexibility index (Phi) is 4.90. The molecule has 0 atom stereocenters. The van der Waals surface area contributed by atoms with Crippen LogP contribution in [0.5, 0.6) is 11.5 Å². The number of benzene rings is 1. The number of halogens is 3. The second-order valence-corrected chi connectivity index (χ2v) is 6.55. The van der Waals surface area contributed by atoms with Gasteiger partial charge in [-0.25, -0.2) is 0 Å². The first kappa shape index (κ1) is 16.9. The summed E-state index contributed by atoms with van der Waals surface area (Å²) in [4.78, 5) is 1.75. The molecule has 0 aliphatic carbocycles. The number of nitrogens with zero attached hydrogens (tertiary/aromatic N) is 1. The van der Waals surface area contributed by atoms with Crippen LogP contribution in [0, 0.1) is 0 Å². The van der Waals surface area contributed by atoms with Crippen LogP contribution in [-0.4, -0.2) is 42.4 Å². The van der Waals surface area contributed by atoms with Gasteiger partial charge in [0, 0.05) is 19.6 Å². The fraction of sp³-hybridized carbons (Fsp3) is 0.625. The van der Waals surface area contributed by atoms with Crippen LogP contribution in [0.3, 0.4) is 0 Å². The molecule has 0 spiro atoms. The first-order valence-corrected chi connectivity index (χ1v) is 7.36. The predicted octanol–water partition coefficient (Wildman–Crippen LogP) is 3.88. The van der Waals surface area contributed by atoms with E-state index in [1.54, 1.807) is 4.90 Å². The molecule has 1 aliphatic rings. The molecule has 2 rings (SSSR count). The predicted molar refractivity (Wildman–Crippen MR) is 78.4 cm³/mol. The zero-order chi connectivity index (χ0) is 16.4. The topological polar surface area (TPSA) is 21.7 Å². The second-order valence-electron chi connectivity index (χ2n) is 6.55. The number of alkyl halides is 3. The minimum absolute atomic E-state index is 0.0392. The molecular formula is C16H22F3NO2. The smallest absolute Gasteiger partial charge is 0.390 e. The number of ether oxygens (including phenoxy) is 2. The molecular weight excluding hydrogens is 295 g/mol. The molecule has 0 unspecified atom stereocenters. The monoisotopic (exact) mass is 317 g/mol. The van der Waals surface area contributed by atoms with Gasteiger partial charge in [0.15, 0.2) is 0 Å². The van der Waals surface area contributed by atoms with Gasteiger partial charge in [-0.15, -0.1) is 0 Å². The van der Waals surface area contributed by atoms with E-state index < -0.39 is 12.6 Å². The van der Waals surface area contributed by atoms with Gasteiger partial charge in [0.1, 0.15) is 23.2 Å². The SMILES string of the molecule is CC(C)(C)Oc1ccc(OC2CN(CCC(F)(F)F)C2)cc1. The van der Waals surface area contributed by atoms with Gasteiger partial charge in [-0.05, 0) is 45.0 Å². The van der Waals surface area contributed by atoms with E-state index in [1.807, 2.05) is 45.0 Å². The number of likely N-dealkylation sites (tertiary alicyclic amines) is 1. The third-order valence-corrected chi connectivity index (χ3v) is 3.19. The normalized spacial score (nSPS) is 17.2. The molecule has 1 aromatic rings. The molecule has 0 bridgehead atoms. The minimum atomic E-state index is -4.09. The van der Waals surface area contributed by atoms with Gasteiger partial charge in [-0.1, -0.05) is 0 Å². The Hall–Kier alpha value is -1.43. The summed E-state index contributed by atoms with van der Waals surface area (Å²) in [6, 6.07) is 7.31. The summed E-state index contributed by atoms with van der Waals surface area (Å²) in [5.41, 5.74) is -0.255. The van der Waals surface area contributed by atoms with Gasteiger partial charge >= 0.3 is 6.18 Å². The fourth-order valence-corrected chi connectivity index (χ4v) is 2.20. The third kappa shape index (κ3) is 5.75. The van der Waals surface area contributed by atoms with Crippen molar-refractivity contribution in [3.63, 3.8) is 0 Å². The molecule has 0 aromatic heterocycles. The van der Waals surface area contributed by atoms with E-state index in [4.69, 9.17) is 9.47 Å². The van der Waals surface area contributed by atoms with Crippen molar-refractivity contribution in [1.29, 1.82) is 0 Å². The molecule has 124 valence electrons. The van der Waals surface area contributed by atoms with E-state index in [-0.39, 0.29) is 18.2 Å². The number of hydrogen-bond acceptors (Lipinski definition) is 3. The summed E-state index contributed by atoms with van der Waals surface area (Å²) in [5.74, 6) is 1.47. The summed E-state index contributed by atoms with van der Waals surface area (Å²) in [7, 11) is 0. The lowest BCUT2D eigenvalue weighted by molar-refractivity contribution is -0.142. The van der Waals surface area contributed by atoms with Crippen molar-refractivity contribution >= 4 is 0 Å². The number of hydrogen-bond donors (Lipinski definition) is 0. The number of rotatable bonds is 5. The van der Waals surface area contributed by atoms with Gasteiger partial charge in [-0.3, -0.25) is 4.90 Å². The fourth-order valence-electron chi connectivity index (χ4n) is 2.20. The van der Waals surface area contributed by atoms with Crippen LogP contribution < -0.4 is 9.47 Å². The van der Waals surface area contributed by atoms with E-state index >= 15 is 0 Å². The molecule has 0 N–H and O–H groups in total. The minimum Gasteiger partial charge on any atom is -0.488 e. The summed E-state index contributed by atoms with van der Waals surface area (Å²) in [5, 5.41) is 0. The van der Waals surface area contributed by atoms with Crippen molar-refractivity contribution in [2.24, 2.45) is 0 Å². The summed E-state index contributed by atoms with van der Waals surface area (Å²) in [6.45, 7) is 7.04. The van der Waals surface area contributed by atoms with Crippen molar-refractivity contribution in [2.75, 3.05) is 19.6 Å². The lowest BCUT2D eigenvalue weighted by atomic mass is 10.1. The van der Waals surface area contributed by atoms with Crippen LogP contribution in [-0.2, 0) is 0 Å². The molecule has 1 aliphatic heterocycles. The molecule has 0 saturated carbocycles. The van der Waals surface area contributed by atoms with Crippen molar-refractivity contribution in [2.45, 2.75) is 45.1 Å². The highest BCUT2D eigenvalue weighted by Gasteiger charge is 2.33. The van der Waals surface area contributed by atoms with Crippen molar-refractivity contribution in [1.82, 2.24) is 4.90 Å². The highest BCUT2D eigenvalue weighted by atomic mass is 19.4. The molecule has 22 heavy (non-hydrogen) atoms. The molecule has 3 nitrogen and oxygen atoms in total. The lowest BCUT2D eigenvalue weighted by Crippen LogP contribution is -2.54. The maximum Gasteiger partial charge on any atom is 0.390 e. The molecule has 0 amide bonds. The van der Waals surface area contributed by atoms with Gasteiger partial charge in [0.05, 0.1) is 6.42 Å². The van der Waals surface area contributed by atoms with Crippen molar-refractivity contribution in [3.8, 4) is 11.5 Å². The molecule has 0 radical (unpaired) electrons. The lowest BCUT2D eigenvalue weighted by Gasteiger charge is -2.39. The van der Waals surface area contributed by atoms with Crippen molar-refractivity contribution in [3.05, 3.63) is 24.3 Å². The van der Waals surface area contributed by atoms with E-state index in [2.05, 4.69) is 0 Å². The van der Waals surface area contributed by atoms with Gasteiger partial charge in [0.25, 0.3) is 0 Å². The van der Waals surface area contributed by atoms with Crippen molar-refractivity contribution < 1.29 is 22.6 Å². The van der Waals surface area contributed by atoms with E-state index in [9.17, 15) is 13.2 Å². The largest absolute Gasteiger partial charge is 0.488 e. The zero-order valence-corrected chi connectivity index (χ0v) is 13.1. The molecule has 1 saturated heterocycles. The first-order valence-electron chi connectivity index (χ1n) is 7.36. The Morgan fingerprint density at radius 3 is 2.09 bits per heavy atom. The maximum atomic E-state index is 12.1. The average Bonchev–Trinajstić information content (AvgIpc) is 2.31. The van der Waals surface area contributed by atoms with Gasteiger partial charge < -0.3 is 9.47 Å². The Balaban J connectivity index is 1.72.